The molecule has 1 rings (SSSR count). The van der Waals surface area contributed by atoms with E-state index in [4.69, 9.17) is 23.1 Å². The third kappa shape index (κ3) is 4.31. The zero-order valence-electron chi connectivity index (χ0n) is 9.45. The number of benzene rings is 1. The molecular formula is C11H13ClFN3O2. The first-order valence-corrected chi connectivity index (χ1v) is 5.53. The molecule has 5 N–H and O–H groups in total. The molecular weight excluding hydrogens is 261 g/mol. The number of hydrogen-bond acceptors (Lipinski definition) is 3. The molecule has 98 valence electrons. The van der Waals surface area contributed by atoms with Crippen molar-refractivity contribution >= 4 is 23.4 Å². The maximum atomic E-state index is 12.9. The minimum absolute atomic E-state index is 0.0248. The molecule has 0 aliphatic carbocycles. The van der Waals surface area contributed by atoms with E-state index in [1.54, 1.807) is 0 Å². The summed E-state index contributed by atoms with van der Waals surface area (Å²) in [5.74, 6) is -1.69. The van der Waals surface area contributed by atoms with Crippen molar-refractivity contribution < 1.29 is 14.0 Å². The predicted octanol–water partition coefficient (Wildman–Crippen LogP) is 0.298. The molecule has 5 nitrogen and oxygen atoms in total. The second kappa shape index (κ2) is 6.32. The van der Waals surface area contributed by atoms with Crippen molar-refractivity contribution in [2.45, 2.75) is 19.0 Å². The van der Waals surface area contributed by atoms with E-state index in [1.165, 1.54) is 18.2 Å². The Balaban J connectivity index is 2.52. The van der Waals surface area contributed by atoms with Crippen molar-refractivity contribution in [2.75, 3.05) is 0 Å². The van der Waals surface area contributed by atoms with Gasteiger partial charge in [0.05, 0.1) is 17.5 Å². The molecule has 0 aliphatic rings. The zero-order chi connectivity index (χ0) is 13.7. The van der Waals surface area contributed by atoms with Crippen LogP contribution in [0.15, 0.2) is 18.2 Å². The fraction of sp³-hybridized carbons (Fsp3) is 0.273. The lowest BCUT2D eigenvalue weighted by molar-refractivity contribution is -0.126. The van der Waals surface area contributed by atoms with Gasteiger partial charge in [-0.25, -0.2) is 4.39 Å². The molecule has 7 heteroatoms. The van der Waals surface area contributed by atoms with Gasteiger partial charge >= 0.3 is 0 Å². The Morgan fingerprint density at radius 1 is 1.44 bits per heavy atom. The first kappa shape index (κ1) is 14.4. The fourth-order valence-corrected chi connectivity index (χ4v) is 1.48. The Kier molecular flexibility index (Phi) is 5.06. The van der Waals surface area contributed by atoms with Gasteiger partial charge in [-0.15, -0.1) is 0 Å². The molecule has 0 fully saturated rings. The van der Waals surface area contributed by atoms with Crippen LogP contribution in [0.4, 0.5) is 4.39 Å². The van der Waals surface area contributed by atoms with Crippen molar-refractivity contribution in [2.24, 2.45) is 11.5 Å². The third-order valence-corrected chi connectivity index (χ3v) is 2.50. The van der Waals surface area contributed by atoms with Gasteiger partial charge in [0.15, 0.2) is 0 Å². The second-order valence-electron chi connectivity index (χ2n) is 3.74. The van der Waals surface area contributed by atoms with Crippen LogP contribution in [0.25, 0.3) is 0 Å². The van der Waals surface area contributed by atoms with E-state index in [-0.39, 0.29) is 18.0 Å². The summed E-state index contributed by atoms with van der Waals surface area (Å²) in [6, 6.07) is 3.10. The number of carbonyl (C=O) groups is 2. The normalized spacial score (nSPS) is 11.9. The Labute approximate surface area is 108 Å². The van der Waals surface area contributed by atoms with Gasteiger partial charge in [-0.05, 0) is 17.7 Å². The first-order chi connectivity index (χ1) is 8.40. The van der Waals surface area contributed by atoms with E-state index in [1.807, 2.05) is 0 Å². The van der Waals surface area contributed by atoms with Gasteiger partial charge in [-0.2, -0.15) is 0 Å². The summed E-state index contributed by atoms with van der Waals surface area (Å²) in [5, 5.41) is 2.47. The SMILES string of the molecule is NC(=O)CC(N)C(=O)NCc1ccc(F)c(Cl)c1. The first-order valence-electron chi connectivity index (χ1n) is 5.15. The average molecular weight is 274 g/mol. The van der Waals surface area contributed by atoms with E-state index in [0.717, 1.165) is 0 Å². The summed E-state index contributed by atoms with van der Waals surface area (Å²) < 4.78 is 12.9. The largest absolute Gasteiger partial charge is 0.370 e. The van der Waals surface area contributed by atoms with Crippen LogP contribution < -0.4 is 16.8 Å². The Morgan fingerprint density at radius 3 is 2.67 bits per heavy atom. The van der Waals surface area contributed by atoms with Gasteiger partial charge < -0.3 is 16.8 Å². The monoisotopic (exact) mass is 273 g/mol. The average Bonchev–Trinajstić information content (AvgIpc) is 2.29. The number of rotatable bonds is 5. The quantitative estimate of drug-likeness (QED) is 0.719. The van der Waals surface area contributed by atoms with Crippen LogP contribution in [0.1, 0.15) is 12.0 Å². The number of primary amides is 1. The van der Waals surface area contributed by atoms with Crippen LogP contribution in [0.3, 0.4) is 0 Å². The fourth-order valence-electron chi connectivity index (χ4n) is 1.28. The summed E-state index contributed by atoms with van der Waals surface area (Å²) in [4.78, 5) is 22.0. The topological polar surface area (TPSA) is 98.2 Å². The molecule has 0 saturated carbocycles. The number of nitrogens with two attached hydrogens (primary N) is 2. The van der Waals surface area contributed by atoms with E-state index in [0.29, 0.717) is 5.56 Å². The molecule has 1 atom stereocenters. The molecule has 0 bridgehead atoms. The van der Waals surface area contributed by atoms with Crippen LogP contribution in [0.5, 0.6) is 0 Å². The number of nitrogens with one attached hydrogen (secondary N) is 1. The molecule has 18 heavy (non-hydrogen) atoms. The molecule has 0 aromatic heterocycles. The minimum atomic E-state index is -0.988. The maximum absolute atomic E-state index is 12.9. The van der Waals surface area contributed by atoms with Crippen molar-refractivity contribution in [1.29, 1.82) is 0 Å². The standard InChI is InChI=1S/C11H13ClFN3O2/c12-7-3-6(1-2-8(7)13)5-16-11(18)9(14)4-10(15)17/h1-3,9H,4-5,14H2,(H2,15,17)(H,16,18). The molecule has 1 aromatic carbocycles. The van der Waals surface area contributed by atoms with Crippen molar-refractivity contribution in [3.05, 3.63) is 34.6 Å². The second-order valence-corrected chi connectivity index (χ2v) is 4.15. The van der Waals surface area contributed by atoms with Crippen LogP contribution in [-0.2, 0) is 16.1 Å². The minimum Gasteiger partial charge on any atom is -0.370 e. The molecule has 1 unspecified atom stereocenters. The lowest BCUT2D eigenvalue weighted by Crippen LogP contribution is -2.42. The van der Waals surface area contributed by atoms with Gasteiger partial charge in [-0.1, -0.05) is 17.7 Å². The number of halogens is 2. The smallest absolute Gasteiger partial charge is 0.237 e. The molecule has 2 amide bonds. The van der Waals surface area contributed by atoms with E-state index in [9.17, 15) is 14.0 Å². The molecule has 0 saturated heterocycles. The number of hydrogen-bond donors (Lipinski definition) is 3. The van der Waals surface area contributed by atoms with Gasteiger partial charge in [0.2, 0.25) is 11.8 Å². The van der Waals surface area contributed by atoms with E-state index in [2.05, 4.69) is 5.32 Å². The Hall–Kier alpha value is -1.66. The number of amides is 2. The summed E-state index contributed by atoms with van der Waals surface area (Å²) in [6.07, 6.45) is -0.226. The predicted molar refractivity (Wildman–Crippen MR) is 65.0 cm³/mol. The highest BCUT2D eigenvalue weighted by atomic mass is 35.5. The van der Waals surface area contributed by atoms with E-state index < -0.39 is 23.7 Å². The van der Waals surface area contributed by atoms with Crippen LogP contribution >= 0.6 is 11.6 Å². The summed E-state index contributed by atoms with van der Waals surface area (Å²) >= 11 is 5.59. The molecule has 0 aliphatic heterocycles. The van der Waals surface area contributed by atoms with Gasteiger partial charge in [-0.3, -0.25) is 9.59 Å². The lowest BCUT2D eigenvalue weighted by atomic mass is 10.2. The zero-order valence-corrected chi connectivity index (χ0v) is 10.2. The highest BCUT2D eigenvalue weighted by molar-refractivity contribution is 6.30. The summed E-state index contributed by atoms with van der Waals surface area (Å²) in [5.41, 5.74) is 11.0. The third-order valence-electron chi connectivity index (χ3n) is 2.21. The van der Waals surface area contributed by atoms with Crippen LogP contribution in [0, 0.1) is 5.82 Å². The van der Waals surface area contributed by atoms with Gasteiger partial charge in [0.25, 0.3) is 0 Å². The van der Waals surface area contributed by atoms with Crippen molar-refractivity contribution in [1.82, 2.24) is 5.32 Å². The van der Waals surface area contributed by atoms with Crippen molar-refractivity contribution in [3.63, 3.8) is 0 Å². The van der Waals surface area contributed by atoms with Gasteiger partial charge in [0, 0.05) is 6.54 Å². The Morgan fingerprint density at radius 2 is 2.11 bits per heavy atom. The molecule has 1 aromatic rings. The summed E-state index contributed by atoms with van der Waals surface area (Å²) in [6.45, 7) is 0.144. The van der Waals surface area contributed by atoms with Crippen LogP contribution in [-0.4, -0.2) is 17.9 Å². The van der Waals surface area contributed by atoms with E-state index >= 15 is 0 Å². The molecule has 0 heterocycles. The van der Waals surface area contributed by atoms with Gasteiger partial charge in [0.1, 0.15) is 5.82 Å². The maximum Gasteiger partial charge on any atom is 0.237 e. The van der Waals surface area contributed by atoms with Crippen LogP contribution in [0.2, 0.25) is 5.02 Å². The summed E-state index contributed by atoms with van der Waals surface area (Å²) in [7, 11) is 0. The highest BCUT2D eigenvalue weighted by Gasteiger charge is 2.15. The van der Waals surface area contributed by atoms with Crippen molar-refractivity contribution in [3.8, 4) is 0 Å². The Bertz CT molecular complexity index is 468. The molecule has 0 radical (unpaired) electrons. The molecule has 0 spiro atoms. The lowest BCUT2D eigenvalue weighted by Gasteiger charge is -2.10. The number of carbonyl (C=O) groups excluding carboxylic acids is 2. The highest BCUT2D eigenvalue weighted by Crippen LogP contribution is 2.15.